The van der Waals surface area contributed by atoms with Gasteiger partial charge in [-0.05, 0) is 30.6 Å². The minimum atomic E-state index is -0.640. The van der Waals surface area contributed by atoms with Gasteiger partial charge in [0.1, 0.15) is 6.61 Å². The van der Waals surface area contributed by atoms with Crippen molar-refractivity contribution >= 4 is 23.3 Å². The Morgan fingerprint density at radius 1 is 1.45 bits per heavy atom. The van der Waals surface area contributed by atoms with Gasteiger partial charge in [-0.1, -0.05) is 50.6 Å². The van der Waals surface area contributed by atoms with Crippen molar-refractivity contribution in [1.29, 1.82) is 0 Å². The molecule has 0 spiro atoms. The first-order valence-corrected chi connectivity index (χ1v) is 8.17. The Labute approximate surface area is 137 Å². The van der Waals surface area contributed by atoms with Gasteiger partial charge in [-0.15, -0.1) is 0 Å². The molecule has 22 heavy (non-hydrogen) atoms. The minimum absolute atomic E-state index is 0.0984. The summed E-state index contributed by atoms with van der Waals surface area (Å²) < 4.78 is 5.42. The molecule has 0 bridgehead atoms. The van der Waals surface area contributed by atoms with Crippen LogP contribution in [0.2, 0.25) is 0 Å². The number of rotatable bonds is 6. The van der Waals surface area contributed by atoms with E-state index in [0.717, 1.165) is 12.0 Å². The van der Waals surface area contributed by atoms with Gasteiger partial charge in [0.15, 0.2) is 0 Å². The average Bonchev–Trinajstić information content (AvgIpc) is 2.87. The largest absolute Gasteiger partial charge is 0.468 e. The molecule has 0 unspecified atom stereocenters. The van der Waals surface area contributed by atoms with E-state index >= 15 is 0 Å². The van der Waals surface area contributed by atoms with Crippen LogP contribution in [0.3, 0.4) is 0 Å². The van der Waals surface area contributed by atoms with E-state index in [1.165, 1.54) is 0 Å². The molecule has 1 saturated heterocycles. The Balaban J connectivity index is 2.09. The molecule has 0 aliphatic carbocycles. The lowest BCUT2D eigenvalue weighted by Crippen LogP contribution is -2.45. The highest BCUT2D eigenvalue weighted by Crippen LogP contribution is 2.22. The molecule has 2 rings (SSSR count). The van der Waals surface area contributed by atoms with Gasteiger partial charge in [-0.25, -0.2) is 0 Å². The highest BCUT2D eigenvalue weighted by atomic mass is 32.1. The van der Waals surface area contributed by atoms with Crippen LogP contribution in [-0.4, -0.2) is 39.8 Å². The Bertz CT molecular complexity index is 520. The Morgan fingerprint density at radius 2 is 2.14 bits per heavy atom. The summed E-state index contributed by atoms with van der Waals surface area (Å²) in [6.45, 7) is 4.15. The quantitative estimate of drug-likeness (QED) is 0.818. The average molecular weight is 321 g/mol. The van der Waals surface area contributed by atoms with Crippen LogP contribution in [0.15, 0.2) is 30.3 Å². The van der Waals surface area contributed by atoms with Crippen molar-refractivity contribution < 1.29 is 14.6 Å². The standard InChI is InChI=1S/C17H23NO3S/c1-3-7-15(19)12(2)16(20)18-14(11-21-17(18)22)10-13-8-5-4-6-9-13/h4-6,8-9,12,14-15,19H,3,7,10-11H2,1-2H3/t12-,14+,15+/m1/s1. The van der Waals surface area contributed by atoms with Gasteiger partial charge >= 0.3 is 0 Å². The third-order valence-electron chi connectivity index (χ3n) is 4.06. The summed E-state index contributed by atoms with van der Waals surface area (Å²) in [5.74, 6) is -0.623. The highest BCUT2D eigenvalue weighted by Gasteiger charge is 2.38. The van der Waals surface area contributed by atoms with E-state index in [9.17, 15) is 9.90 Å². The third-order valence-corrected chi connectivity index (χ3v) is 4.38. The summed E-state index contributed by atoms with van der Waals surface area (Å²) >= 11 is 5.18. The Kier molecular flexibility index (Phi) is 5.91. The number of hydrogen-bond acceptors (Lipinski definition) is 4. The summed E-state index contributed by atoms with van der Waals surface area (Å²) in [4.78, 5) is 14.2. The first kappa shape index (κ1) is 16.9. The van der Waals surface area contributed by atoms with Gasteiger partial charge in [-0.3, -0.25) is 9.69 Å². The lowest BCUT2D eigenvalue weighted by atomic mass is 9.98. The number of amides is 1. The SMILES string of the molecule is CCC[C@H](O)[C@@H](C)C(=O)N1C(=S)OC[C@@H]1Cc1ccccc1. The lowest BCUT2D eigenvalue weighted by Gasteiger charge is -2.26. The van der Waals surface area contributed by atoms with Crippen molar-refractivity contribution in [3.63, 3.8) is 0 Å². The summed E-state index contributed by atoms with van der Waals surface area (Å²) in [7, 11) is 0. The number of ether oxygens (including phenoxy) is 1. The third kappa shape index (κ3) is 3.84. The molecule has 1 fully saturated rings. The van der Waals surface area contributed by atoms with Crippen LogP contribution in [0.5, 0.6) is 0 Å². The van der Waals surface area contributed by atoms with Gasteiger partial charge in [-0.2, -0.15) is 0 Å². The molecule has 5 heteroatoms. The van der Waals surface area contributed by atoms with E-state index in [-0.39, 0.29) is 17.1 Å². The molecule has 1 aliphatic rings. The predicted octanol–water partition coefficient (Wildman–Crippen LogP) is 2.54. The van der Waals surface area contributed by atoms with Crippen molar-refractivity contribution in [3.8, 4) is 0 Å². The molecule has 0 radical (unpaired) electrons. The molecule has 1 aromatic carbocycles. The van der Waals surface area contributed by atoms with E-state index in [4.69, 9.17) is 17.0 Å². The molecular formula is C17H23NO3S. The van der Waals surface area contributed by atoms with Crippen LogP contribution in [-0.2, 0) is 16.0 Å². The molecule has 1 heterocycles. The van der Waals surface area contributed by atoms with Crippen LogP contribution >= 0.6 is 12.2 Å². The molecule has 120 valence electrons. The van der Waals surface area contributed by atoms with Gasteiger partial charge in [0.05, 0.1) is 18.1 Å². The number of hydrogen-bond donors (Lipinski definition) is 1. The first-order valence-electron chi connectivity index (χ1n) is 7.76. The summed E-state index contributed by atoms with van der Waals surface area (Å²) in [6.07, 6.45) is 1.51. The summed E-state index contributed by atoms with van der Waals surface area (Å²) in [5, 5.41) is 10.3. The molecule has 1 N–H and O–H groups in total. The molecule has 1 amide bonds. The zero-order valence-electron chi connectivity index (χ0n) is 13.1. The summed E-state index contributed by atoms with van der Waals surface area (Å²) in [6, 6.07) is 9.87. The van der Waals surface area contributed by atoms with Crippen molar-refractivity contribution in [1.82, 2.24) is 4.90 Å². The van der Waals surface area contributed by atoms with E-state index in [1.807, 2.05) is 37.3 Å². The van der Waals surface area contributed by atoms with Crippen LogP contribution < -0.4 is 0 Å². The fourth-order valence-electron chi connectivity index (χ4n) is 2.70. The number of aliphatic hydroxyl groups is 1. The molecule has 4 nitrogen and oxygen atoms in total. The second kappa shape index (κ2) is 7.70. The number of benzene rings is 1. The second-order valence-corrected chi connectivity index (χ2v) is 6.12. The van der Waals surface area contributed by atoms with E-state index in [2.05, 4.69) is 0 Å². The zero-order valence-corrected chi connectivity index (χ0v) is 13.9. The molecule has 0 saturated carbocycles. The molecule has 3 atom stereocenters. The Hall–Kier alpha value is -1.46. The van der Waals surface area contributed by atoms with Crippen molar-refractivity contribution in [2.45, 2.75) is 45.3 Å². The number of thiocarbonyl (C=S) groups is 1. The van der Waals surface area contributed by atoms with Gasteiger partial charge < -0.3 is 9.84 Å². The monoisotopic (exact) mass is 321 g/mol. The smallest absolute Gasteiger partial charge is 0.266 e. The maximum absolute atomic E-state index is 12.7. The van der Waals surface area contributed by atoms with Crippen LogP contribution in [0, 0.1) is 5.92 Å². The van der Waals surface area contributed by atoms with Crippen molar-refractivity contribution in [3.05, 3.63) is 35.9 Å². The number of nitrogens with zero attached hydrogens (tertiary/aromatic N) is 1. The molecular weight excluding hydrogens is 298 g/mol. The number of carbonyl (C=O) groups excluding carboxylic acids is 1. The van der Waals surface area contributed by atoms with Gasteiger partial charge in [0.25, 0.3) is 5.17 Å². The van der Waals surface area contributed by atoms with Gasteiger partial charge in [0, 0.05) is 0 Å². The van der Waals surface area contributed by atoms with Crippen molar-refractivity contribution in [2.24, 2.45) is 5.92 Å². The summed E-state index contributed by atoms with van der Waals surface area (Å²) in [5.41, 5.74) is 1.14. The number of aliphatic hydroxyl groups excluding tert-OH is 1. The minimum Gasteiger partial charge on any atom is -0.468 e. The van der Waals surface area contributed by atoms with E-state index in [0.29, 0.717) is 19.4 Å². The van der Waals surface area contributed by atoms with Crippen LogP contribution in [0.1, 0.15) is 32.3 Å². The maximum Gasteiger partial charge on any atom is 0.266 e. The van der Waals surface area contributed by atoms with Gasteiger partial charge in [0.2, 0.25) is 5.91 Å². The highest BCUT2D eigenvalue weighted by molar-refractivity contribution is 7.80. The van der Waals surface area contributed by atoms with Crippen LogP contribution in [0.4, 0.5) is 0 Å². The van der Waals surface area contributed by atoms with E-state index in [1.54, 1.807) is 11.8 Å². The normalized spacial score (nSPS) is 20.6. The first-order chi connectivity index (χ1) is 10.5. The fraction of sp³-hybridized carbons (Fsp3) is 0.529. The van der Waals surface area contributed by atoms with Crippen LogP contribution in [0.25, 0.3) is 0 Å². The molecule has 1 aromatic rings. The Morgan fingerprint density at radius 3 is 2.77 bits per heavy atom. The second-order valence-electron chi connectivity index (χ2n) is 5.77. The molecule has 0 aromatic heterocycles. The fourth-order valence-corrected chi connectivity index (χ4v) is 3.00. The maximum atomic E-state index is 12.7. The van der Waals surface area contributed by atoms with Crippen molar-refractivity contribution in [2.75, 3.05) is 6.61 Å². The molecule has 1 aliphatic heterocycles. The van der Waals surface area contributed by atoms with E-state index < -0.39 is 12.0 Å². The predicted molar refractivity (Wildman–Crippen MR) is 89.4 cm³/mol. The zero-order chi connectivity index (χ0) is 16.1. The topological polar surface area (TPSA) is 49.8 Å². The lowest BCUT2D eigenvalue weighted by molar-refractivity contribution is -0.135. The number of carbonyl (C=O) groups is 1.